The zero-order valence-corrected chi connectivity index (χ0v) is 14.0. The summed E-state index contributed by atoms with van der Waals surface area (Å²) in [7, 11) is 0. The number of guanidine groups is 1. The largest absolute Gasteiger partial charge is 0.442 e. The fourth-order valence-corrected chi connectivity index (χ4v) is 1.60. The van der Waals surface area contributed by atoms with Gasteiger partial charge in [-0.05, 0) is 39.3 Å². The van der Waals surface area contributed by atoms with Crippen LogP contribution in [-0.4, -0.2) is 41.0 Å². The van der Waals surface area contributed by atoms with Crippen molar-refractivity contribution in [3.05, 3.63) is 24.0 Å². The fraction of sp³-hybridized carbons (Fsp3) is 0.467. The maximum atomic E-state index is 12.0. The third-order valence-electron chi connectivity index (χ3n) is 2.56. The van der Waals surface area contributed by atoms with Crippen molar-refractivity contribution in [1.29, 1.82) is 0 Å². The van der Waals surface area contributed by atoms with Crippen molar-refractivity contribution in [2.75, 3.05) is 6.54 Å². The normalized spacial score (nSPS) is 11.7. The van der Waals surface area contributed by atoms with E-state index in [0.29, 0.717) is 18.7 Å². The number of aromatic amines is 1. The van der Waals surface area contributed by atoms with Crippen LogP contribution < -0.4 is 16.4 Å². The van der Waals surface area contributed by atoms with E-state index in [4.69, 9.17) is 10.5 Å². The molecule has 0 saturated carbocycles. The number of carbonyl (C=O) groups excluding carboxylic acids is 3. The average Bonchev–Trinajstić information content (AvgIpc) is 2.95. The molecule has 0 unspecified atom stereocenters. The van der Waals surface area contributed by atoms with Gasteiger partial charge in [-0.3, -0.25) is 14.9 Å². The molecule has 24 heavy (non-hydrogen) atoms. The maximum absolute atomic E-state index is 12.0. The number of aliphatic imine (C=N–C) groups is 1. The summed E-state index contributed by atoms with van der Waals surface area (Å²) in [5, 5.41) is 5.26. The smallest absolute Gasteiger partial charge is 0.437 e. The number of H-pyrrole nitrogens is 1. The van der Waals surface area contributed by atoms with E-state index in [-0.39, 0.29) is 12.4 Å². The monoisotopic (exact) mass is 337 g/mol. The van der Waals surface area contributed by atoms with Crippen LogP contribution in [0.15, 0.2) is 23.3 Å². The number of primary amides is 1. The highest BCUT2D eigenvalue weighted by atomic mass is 16.6. The molecule has 0 aliphatic rings. The quantitative estimate of drug-likeness (QED) is 0.359. The molecule has 1 aromatic heterocycles. The molecule has 9 nitrogen and oxygen atoms in total. The third kappa shape index (κ3) is 7.97. The first kappa shape index (κ1) is 19.2. The lowest BCUT2D eigenvalue weighted by atomic mass is 10.2. The van der Waals surface area contributed by atoms with E-state index in [0.717, 1.165) is 0 Å². The molecule has 0 aliphatic carbocycles. The van der Waals surface area contributed by atoms with Crippen LogP contribution in [0.2, 0.25) is 0 Å². The first-order valence-electron chi connectivity index (χ1n) is 7.46. The molecular formula is C15H23N5O4. The number of hydrogen-bond donors (Lipinski definition) is 4. The number of amides is 3. The van der Waals surface area contributed by atoms with Crippen molar-refractivity contribution >= 4 is 23.9 Å². The summed E-state index contributed by atoms with van der Waals surface area (Å²) >= 11 is 0. The number of rotatable bonds is 5. The summed E-state index contributed by atoms with van der Waals surface area (Å²) in [5.41, 5.74) is 4.66. The lowest BCUT2D eigenvalue weighted by Gasteiger charge is -2.18. The minimum Gasteiger partial charge on any atom is -0.442 e. The number of nitrogens with one attached hydrogen (secondary N) is 3. The minimum absolute atomic E-state index is 0.0617. The molecule has 0 bridgehead atoms. The molecule has 9 heteroatoms. The molecule has 0 aromatic carbocycles. The summed E-state index contributed by atoms with van der Waals surface area (Å²) in [6.07, 6.45) is 1.37. The Balaban J connectivity index is 2.72. The highest BCUT2D eigenvalue weighted by Gasteiger charge is 2.17. The van der Waals surface area contributed by atoms with Crippen molar-refractivity contribution in [3.8, 4) is 0 Å². The molecule has 0 saturated heterocycles. The topological polar surface area (TPSA) is 139 Å². The van der Waals surface area contributed by atoms with Crippen LogP contribution in [0.25, 0.3) is 0 Å². The van der Waals surface area contributed by atoms with E-state index in [1.807, 2.05) is 0 Å². The van der Waals surface area contributed by atoms with Crippen molar-refractivity contribution < 1.29 is 19.1 Å². The van der Waals surface area contributed by atoms with Crippen LogP contribution in [0.4, 0.5) is 4.79 Å². The third-order valence-corrected chi connectivity index (χ3v) is 2.56. The second-order valence-corrected chi connectivity index (χ2v) is 5.98. The molecular weight excluding hydrogens is 314 g/mol. The number of nitrogens with zero attached hydrogens (tertiary/aromatic N) is 1. The van der Waals surface area contributed by atoms with Crippen LogP contribution in [0.5, 0.6) is 0 Å². The standard InChI is InChI=1S/C15H23N5O4/c1-15(2,3)24-14(23)20-13(18-9-5-7-11(16)21)19-12(22)10-6-4-8-17-10/h4,6,8,17H,5,7,9H2,1-3H3,(H2,16,21)(H2,18,19,20,22,23). The van der Waals surface area contributed by atoms with Crippen molar-refractivity contribution in [2.24, 2.45) is 10.7 Å². The van der Waals surface area contributed by atoms with Crippen LogP contribution in [0.3, 0.4) is 0 Å². The molecule has 3 amide bonds. The molecule has 132 valence electrons. The Kier molecular flexibility index (Phi) is 6.97. The summed E-state index contributed by atoms with van der Waals surface area (Å²) < 4.78 is 5.09. The van der Waals surface area contributed by atoms with Crippen LogP contribution >= 0.6 is 0 Å². The first-order valence-corrected chi connectivity index (χ1v) is 7.46. The molecule has 1 rings (SSSR count). The molecule has 0 radical (unpaired) electrons. The molecule has 5 N–H and O–H groups in total. The molecule has 1 aromatic rings. The minimum atomic E-state index is -0.841. The molecule has 0 spiro atoms. The second-order valence-electron chi connectivity index (χ2n) is 5.98. The first-order chi connectivity index (χ1) is 11.2. The van der Waals surface area contributed by atoms with Gasteiger partial charge in [-0.2, -0.15) is 0 Å². The lowest BCUT2D eigenvalue weighted by Crippen LogP contribution is -2.42. The lowest BCUT2D eigenvalue weighted by molar-refractivity contribution is -0.118. The number of aromatic nitrogens is 1. The van der Waals surface area contributed by atoms with Gasteiger partial charge in [-0.1, -0.05) is 0 Å². The van der Waals surface area contributed by atoms with E-state index in [1.54, 1.807) is 39.1 Å². The van der Waals surface area contributed by atoms with E-state index >= 15 is 0 Å². The van der Waals surface area contributed by atoms with E-state index in [9.17, 15) is 14.4 Å². The second kappa shape index (κ2) is 8.70. The number of nitrogens with two attached hydrogens (primary N) is 1. The fourth-order valence-electron chi connectivity index (χ4n) is 1.60. The SMILES string of the molecule is CC(C)(C)OC(=O)/N=C(\NCCCC(N)=O)NC(=O)c1ccc[nH]1. The van der Waals surface area contributed by atoms with Gasteiger partial charge in [0.15, 0.2) is 0 Å². The predicted octanol–water partition coefficient (Wildman–Crippen LogP) is 0.891. The summed E-state index contributed by atoms with van der Waals surface area (Å²) in [6.45, 7) is 5.42. The van der Waals surface area contributed by atoms with E-state index in [2.05, 4.69) is 20.6 Å². The summed E-state index contributed by atoms with van der Waals surface area (Å²) in [6, 6.07) is 3.24. The molecule has 0 fully saturated rings. The predicted molar refractivity (Wildman–Crippen MR) is 88.4 cm³/mol. The van der Waals surface area contributed by atoms with E-state index in [1.165, 1.54) is 0 Å². The van der Waals surface area contributed by atoms with Gasteiger partial charge in [0.25, 0.3) is 5.91 Å². The van der Waals surface area contributed by atoms with Gasteiger partial charge >= 0.3 is 6.09 Å². The van der Waals surface area contributed by atoms with Gasteiger partial charge in [-0.15, -0.1) is 4.99 Å². The van der Waals surface area contributed by atoms with Gasteiger partial charge in [0.2, 0.25) is 11.9 Å². The van der Waals surface area contributed by atoms with Crippen molar-refractivity contribution in [1.82, 2.24) is 15.6 Å². The average molecular weight is 337 g/mol. The van der Waals surface area contributed by atoms with Gasteiger partial charge < -0.3 is 20.8 Å². The molecule has 0 aliphatic heterocycles. The Morgan fingerprint density at radius 3 is 2.58 bits per heavy atom. The maximum Gasteiger partial charge on any atom is 0.437 e. The summed E-state index contributed by atoms with van der Waals surface area (Å²) in [4.78, 5) is 41.0. The van der Waals surface area contributed by atoms with Gasteiger partial charge in [-0.25, -0.2) is 4.79 Å². The number of ether oxygens (including phenoxy) is 1. The Hall–Kier alpha value is -2.84. The van der Waals surface area contributed by atoms with Crippen LogP contribution in [0.1, 0.15) is 44.1 Å². The summed E-state index contributed by atoms with van der Waals surface area (Å²) in [5.74, 6) is -0.962. The van der Waals surface area contributed by atoms with Crippen molar-refractivity contribution in [3.63, 3.8) is 0 Å². The zero-order valence-electron chi connectivity index (χ0n) is 14.0. The number of hydrogen-bond acceptors (Lipinski definition) is 4. The van der Waals surface area contributed by atoms with Gasteiger partial charge in [0.05, 0.1) is 0 Å². The Bertz CT molecular complexity index is 602. The Morgan fingerprint density at radius 1 is 1.33 bits per heavy atom. The molecule has 1 heterocycles. The Morgan fingerprint density at radius 2 is 2.04 bits per heavy atom. The Labute approximate surface area is 140 Å². The van der Waals surface area contributed by atoms with Gasteiger partial charge in [0, 0.05) is 19.2 Å². The molecule has 0 atom stereocenters. The van der Waals surface area contributed by atoms with Crippen LogP contribution in [-0.2, 0) is 9.53 Å². The van der Waals surface area contributed by atoms with Gasteiger partial charge in [0.1, 0.15) is 11.3 Å². The van der Waals surface area contributed by atoms with Crippen LogP contribution in [0, 0.1) is 0 Å². The number of carbonyl (C=O) groups is 3. The van der Waals surface area contributed by atoms with E-state index < -0.39 is 23.5 Å². The highest BCUT2D eigenvalue weighted by molar-refractivity contribution is 6.06. The highest BCUT2D eigenvalue weighted by Crippen LogP contribution is 2.07. The zero-order chi connectivity index (χ0) is 18.2. The van der Waals surface area contributed by atoms with Crippen molar-refractivity contribution in [2.45, 2.75) is 39.2 Å².